The highest BCUT2D eigenvalue weighted by Gasteiger charge is 2.31. The normalized spacial score (nSPS) is 13.2. The zero-order valence-corrected chi connectivity index (χ0v) is 17.7. The van der Waals surface area contributed by atoms with Crippen molar-refractivity contribution in [3.8, 4) is 11.1 Å². The Morgan fingerprint density at radius 3 is 2.12 bits per heavy atom. The Morgan fingerprint density at radius 1 is 0.969 bits per heavy atom. The van der Waals surface area contributed by atoms with Gasteiger partial charge in [0.15, 0.2) is 0 Å². The van der Waals surface area contributed by atoms with Gasteiger partial charge in [0, 0.05) is 13.0 Å². The van der Waals surface area contributed by atoms with Crippen LogP contribution in [0.1, 0.15) is 29.0 Å². The highest BCUT2D eigenvalue weighted by molar-refractivity contribution is 5.81. The van der Waals surface area contributed by atoms with Crippen molar-refractivity contribution in [1.82, 2.24) is 4.90 Å². The van der Waals surface area contributed by atoms with Gasteiger partial charge in [-0.05, 0) is 46.7 Å². The van der Waals surface area contributed by atoms with E-state index in [0.717, 1.165) is 27.2 Å². The number of aliphatic carboxylic acids is 1. The summed E-state index contributed by atoms with van der Waals surface area (Å²) in [6.45, 7) is 0.108. The number of carboxylic acid groups (broad SMARTS) is 1. The van der Waals surface area contributed by atoms with Gasteiger partial charge in [0.05, 0.1) is 0 Å². The number of rotatable bonds is 7. The standard InChI is InChI=1S/C26H24FNO4/c1-28(24(25(29)30)15-14-17-8-2-7-13-23(17)27)26(31)32-16-22-20-11-5-3-9-18(20)19-10-4-6-12-21(19)22/h2-13,22,24H,14-16H2,1H3,(H,29,30)/t24-/m0/s1. The average Bonchev–Trinajstić information content (AvgIpc) is 3.12. The van der Waals surface area contributed by atoms with Crippen molar-refractivity contribution >= 4 is 12.1 Å². The van der Waals surface area contributed by atoms with Crippen LogP contribution in [0.5, 0.6) is 0 Å². The average molecular weight is 433 g/mol. The van der Waals surface area contributed by atoms with Crippen LogP contribution in [0.4, 0.5) is 9.18 Å². The number of aryl methyl sites for hydroxylation is 1. The highest BCUT2D eigenvalue weighted by atomic mass is 19.1. The van der Waals surface area contributed by atoms with E-state index in [-0.39, 0.29) is 31.2 Å². The van der Waals surface area contributed by atoms with Gasteiger partial charge in [-0.2, -0.15) is 0 Å². The predicted octanol–water partition coefficient (Wildman–Crippen LogP) is 5.09. The fourth-order valence-electron chi connectivity index (χ4n) is 4.30. The number of halogens is 1. The maximum absolute atomic E-state index is 13.9. The molecule has 3 aromatic rings. The highest BCUT2D eigenvalue weighted by Crippen LogP contribution is 2.44. The summed E-state index contributed by atoms with van der Waals surface area (Å²) in [4.78, 5) is 25.6. The molecule has 5 nitrogen and oxygen atoms in total. The summed E-state index contributed by atoms with van der Waals surface area (Å²) in [5, 5.41) is 9.64. The predicted molar refractivity (Wildman–Crippen MR) is 119 cm³/mol. The Kier molecular flexibility index (Phi) is 6.21. The topological polar surface area (TPSA) is 66.8 Å². The van der Waals surface area contributed by atoms with Crippen molar-refractivity contribution in [1.29, 1.82) is 0 Å². The quantitative estimate of drug-likeness (QED) is 0.564. The minimum absolute atomic E-state index is 0.0803. The Bertz CT molecular complexity index is 1100. The van der Waals surface area contributed by atoms with Crippen LogP contribution in [0.15, 0.2) is 72.8 Å². The Morgan fingerprint density at radius 2 is 1.53 bits per heavy atom. The summed E-state index contributed by atoms with van der Waals surface area (Å²) >= 11 is 0. The van der Waals surface area contributed by atoms with Gasteiger partial charge in [-0.1, -0.05) is 66.7 Å². The van der Waals surface area contributed by atoms with E-state index in [1.807, 2.05) is 48.5 Å². The lowest BCUT2D eigenvalue weighted by Crippen LogP contribution is -2.43. The van der Waals surface area contributed by atoms with E-state index in [0.29, 0.717) is 5.56 Å². The van der Waals surface area contributed by atoms with Gasteiger partial charge in [0.25, 0.3) is 0 Å². The van der Waals surface area contributed by atoms with E-state index >= 15 is 0 Å². The number of hydrogen-bond acceptors (Lipinski definition) is 3. The zero-order chi connectivity index (χ0) is 22.7. The van der Waals surface area contributed by atoms with Gasteiger partial charge in [-0.15, -0.1) is 0 Å². The molecule has 0 unspecified atom stereocenters. The number of carbonyl (C=O) groups excluding carboxylic acids is 1. The maximum atomic E-state index is 13.9. The SMILES string of the molecule is CN(C(=O)OCC1c2ccccc2-c2ccccc21)[C@@H](CCc1ccccc1F)C(=O)O. The molecule has 3 aromatic carbocycles. The van der Waals surface area contributed by atoms with Gasteiger partial charge >= 0.3 is 12.1 Å². The molecule has 1 aliphatic carbocycles. The third-order valence-electron chi connectivity index (χ3n) is 6.02. The van der Waals surface area contributed by atoms with Gasteiger partial charge in [-0.25, -0.2) is 14.0 Å². The molecular formula is C26H24FNO4. The first-order valence-corrected chi connectivity index (χ1v) is 10.5. The summed E-state index contributed by atoms with van der Waals surface area (Å²) < 4.78 is 19.4. The number of amides is 1. The Balaban J connectivity index is 1.44. The number of carboxylic acids is 1. The lowest BCUT2D eigenvalue weighted by molar-refractivity contribution is -0.142. The lowest BCUT2D eigenvalue weighted by atomic mass is 9.98. The number of ether oxygens (including phenoxy) is 1. The molecule has 0 aliphatic heterocycles. The molecule has 0 fully saturated rings. The molecule has 0 spiro atoms. The molecule has 0 saturated carbocycles. The van der Waals surface area contributed by atoms with Gasteiger partial charge in [-0.3, -0.25) is 4.90 Å². The van der Waals surface area contributed by atoms with Crippen LogP contribution < -0.4 is 0 Å². The Labute approximate surface area is 186 Å². The zero-order valence-electron chi connectivity index (χ0n) is 17.7. The number of hydrogen-bond donors (Lipinski definition) is 1. The van der Waals surface area contributed by atoms with Crippen molar-refractivity contribution < 1.29 is 23.8 Å². The second kappa shape index (κ2) is 9.22. The molecule has 32 heavy (non-hydrogen) atoms. The molecular weight excluding hydrogens is 409 g/mol. The number of fused-ring (bicyclic) bond motifs is 3. The fraction of sp³-hybridized carbons (Fsp3) is 0.231. The minimum atomic E-state index is -1.16. The molecule has 0 saturated heterocycles. The van der Waals surface area contributed by atoms with E-state index in [9.17, 15) is 19.1 Å². The van der Waals surface area contributed by atoms with Crippen LogP contribution >= 0.6 is 0 Å². The van der Waals surface area contributed by atoms with Gasteiger partial charge < -0.3 is 9.84 Å². The smallest absolute Gasteiger partial charge is 0.410 e. The van der Waals surface area contributed by atoms with Crippen molar-refractivity contribution in [2.75, 3.05) is 13.7 Å². The van der Waals surface area contributed by atoms with Crippen LogP contribution in [-0.4, -0.2) is 41.8 Å². The molecule has 164 valence electrons. The maximum Gasteiger partial charge on any atom is 0.410 e. The fourth-order valence-corrected chi connectivity index (χ4v) is 4.30. The Hall–Kier alpha value is -3.67. The van der Waals surface area contributed by atoms with Crippen LogP contribution in [0.25, 0.3) is 11.1 Å². The lowest BCUT2D eigenvalue weighted by Gasteiger charge is -2.25. The molecule has 6 heteroatoms. The van der Waals surface area contributed by atoms with E-state index < -0.39 is 18.1 Å². The van der Waals surface area contributed by atoms with Crippen molar-refractivity contribution in [2.24, 2.45) is 0 Å². The van der Waals surface area contributed by atoms with Crippen LogP contribution in [0.2, 0.25) is 0 Å². The number of benzene rings is 3. The van der Waals surface area contributed by atoms with Crippen LogP contribution in [-0.2, 0) is 16.0 Å². The first-order chi connectivity index (χ1) is 15.5. The molecule has 4 rings (SSSR count). The molecule has 1 aliphatic rings. The third-order valence-corrected chi connectivity index (χ3v) is 6.02. The van der Waals surface area contributed by atoms with Crippen LogP contribution in [0, 0.1) is 5.82 Å². The summed E-state index contributed by atoms with van der Waals surface area (Å²) in [5.41, 5.74) is 4.81. The molecule has 1 amide bonds. The number of likely N-dealkylation sites (N-methyl/N-ethyl adjacent to an activating group) is 1. The van der Waals surface area contributed by atoms with E-state index in [2.05, 4.69) is 0 Å². The summed E-state index contributed by atoms with van der Waals surface area (Å²) in [6, 6.07) is 21.1. The molecule has 0 aromatic heterocycles. The van der Waals surface area contributed by atoms with Crippen molar-refractivity contribution in [3.63, 3.8) is 0 Å². The van der Waals surface area contributed by atoms with Crippen LogP contribution in [0.3, 0.4) is 0 Å². The second-order valence-electron chi connectivity index (χ2n) is 7.90. The summed E-state index contributed by atoms with van der Waals surface area (Å²) in [5.74, 6) is -1.65. The minimum Gasteiger partial charge on any atom is -0.480 e. The number of carbonyl (C=O) groups is 2. The van der Waals surface area contributed by atoms with Gasteiger partial charge in [0.1, 0.15) is 18.5 Å². The largest absolute Gasteiger partial charge is 0.480 e. The molecule has 0 bridgehead atoms. The van der Waals surface area contributed by atoms with E-state index in [1.54, 1.807) is 18.2 Å². The molecule has 0 heterocycles. The van der Waals surface area contributed by atoms with Crippen molar-refractivity contribution in [2.45, 2.75) is 24.8 Å². The first-order valence-electron chi connectivity index (χ1n) is 10.5. The third kappa shape index (κ3) is 4.21. The second-order valence-corrected chi connectivity index (χ2v) is 7.90. The van der Waals surface area contributed by atoms with Crippen molar-refractivity contribution in [3.05, 3.63) is 95.3 Å². The van der Waals surface area contributed by atoms with Gasteiger partial charge in [0.2, 0.25) is 0 Å². The first kappa shape index (κ1) is 21.6. The summed E-state index contributed by atoms with van der Waals surface area (Å²) in [7, 11) is 1.40. The monoisotopic (exact) mass is 433 g/mol. The van der Waals surface area contributed by atoms with E-state index in [1.165, 1.54) is 13.1 Å². The molecule has 1 N–H and O–H groups in total. The molecule has 1 atom stereocenters. The van der Waals surface area contributed by atoms with E-state index in [4.69, 9.17) is 4.74 Å². The molecule has 0 radical (unpaired) electrons. The number of nitrogens with zero attached hydrogens (tertiary/aromatic N) is 1. The summed E-state index contributed by atoms with van der Waals surface area (Å²) in [6.07, 6.45) is -0.436.